The number of ether oxygens (including phenoxy) is 1. The van der Waals surface area contributed by atoms with Crippen molar-refractivity contribution < 1.29 is 23.4 Å². The number of pyridine rings is 1. The Kier molecular flexibility index (Phi) is 11.7. The van der Waals surface area contributed by atoms with E-state index in [2.05, 4.69) is 48.7 Å². The number of nitrogens with one attached hydrogen (secondary N) is 2. The molecule has 198 valence electrons. The molecule has 0 amide bonds. The van der Waals surface area contributed by atoms with Gasteiger partial charge in [-0.2, -0.15) is 0 Å². The molecule has 12 heteroatoms. The van der Waals surface area contributed by atoms with Crippen molar-refractivity contribution in [1.82, 2.24) is 19.9 Å². The van der Waals surface area contributed by atoms with Crippen LogP contribution in [0, 0.1) is 0 Å². The molecule has 0 spiro atoms. The van der Waals surface area contributed by atoms with Crippen molar-refractivity contribution in [3.8, 4) is 0 Å². The number of aryl methyl sites for hydroxylation is 2. The zero-order valence-corrected chi connectivity index (χ0v) is 21.7. The highest BCUT2D eigenvalue weighted by atomic mass is 79.9. The van der Waals surface area contributed by atoms with Gasteiger partial charge in [0.25, 0.3) is 6.43 Å². The van der Waals surface area contributed by atoms with Crippen molar-refractivity contribution in [2.45, 2.75) is 51.0 Å². The molecule has 1 aliphatic rings. The van der Waals surface area contributed by atoms with E-state index in [1.807, 2.05) is 4.90 Å². The van der Waals surface area contributed by atoms with Crippen LogP contribution in [-0.4, -0.2) is 82.8 Å². The number of aromatic nitrogens is 3. The van der Waals surface area contributed by atoms with Crippen LogP contribution < -0.4 is 10.6 Å². The highest BCUT2D eigenvalue weighted by Gasteiger charge is 2.20. The number of anilines is 2. The third kappa shape index (κ3) is 9.90. The Bertz CT molecular complexity index is 954. The quantitative estimate of drug-likeness (QED) is 0.259. The molecule has 0 aliphatic carbocycles. The summed E-state index contributed by atoms with van der Waals surface area (Å²) < 4.78 is 30.6. The topological polar surface area (TPSA) is 112 Å². The first-order valence-corrected chi connectivity index (χ1v) is 13.0. The molecule has 0 aromatic carbocycles. The van der Waals surface area contributed by atoms with E-state index in [0.717, 1.165) is 50.2 Å². The lowest BCUT2D eigenvalue weighted by molar-refractivity contribution is -0.138. The van der Waals surface area contributed by atoms with Crippen molar-refractivity contribution in [1.29, 1.82) is 0 Å². The van der Waals surface area contributed by atoms with Crippen molar-refractivity contribution in [3.05, 3.63) is 40.3 Å². The lowest BCUT2D eigenvalue weighted by Gasteiger charge is -2.24. The number of hydrogen-bond acceptors (Lipinski definition) is 8. The van der Waals surface area contributed by atoms with Gasteiger partial charge in [0.2, 0.25) is 5.95 Å². The molecule has 0 saturated heterocycles. The van der Waals surface area contributed by atoms with Gasteiger partial charge >= 0.3 is 5.97 Å². The van der Waals surface area contributed by atoms with Crippen LogP contribution in [0.4, 0.5) is 20.5 Å². The van der Waals surface area contributed by atoms with Gasteiger partial charge in [0.1, 0.15) is 18.5 Å². The van der Waals surface area contributed by atoms with Gasteiger partial charge in [-0.05, 0) is 72.6 Å². The Hall–Kier alpha value is -2.44. The summed E-state index contributed by atoms with van der Waals surface area (Å²) in [6.07, 6.45) is 5.64. The van der Waals surface area contributed by atoms with Crippen LogP contribution in [0.2, 0.25) is 0 Å². The second-order valence-electron chi connectivity index (χ2n) is 8.65. The Morgan fingerprint density at radius 1 is 1.22 bits per heavy atom. The van der Waals surface area contributed by atoms with Gasteiger partial charge in [-0.3, -0.25) is 0 Å². The van der Waals surface area contributed by atoms with Crippen LogP contribution in [0.15, 0.2) is 29.0 Å². The molecule has 3 heterocycles. The number of carboxylic acids is 1. The van der Waals surface area contributed by atoms with Crippen LogP contribution in [0.25, 0.3) is 0 Å². The van der Waals surface area contributed by atoms with Crippen LogP contribution in [0.5, 0.6) is 0 Å². The fraction of sp³-hybridized carbons (Fsp3) is 0.583. The number of carbonyl (C=O) groups is 1. The highest BCUT2D eigenvalue weighted by molar-refractivity contribution is 9.10. The van der Waals surface area contributed by atoms with E-state index >= 15 is 0 Å². The highest BCUT2D eigenvalue weighted by Crippen LogP contribution is 2.20. The zero-order valence-electron chi connectivity index (χ0n) is 20.1. The SMILES string of the molecule is O=C(O)C(CCN(CCCCc1ccc2c(n1)NCCC2)CCOCC(F)F)Nc1ncc(Br)cn1. The number of fused-ring (bicyclic) bond motifs is 1. The first-order valence-electron chi connectivity index (χ1n) is 12.2. The summed E-state index contributed by atoms with van der Waals surface area (Å²) in [5, 5.41) is 15.8. The first kappa shape index (κ1) is 28.1. The predicted octanol–water partition coefficient (Wildman–Crippen LogP) is 3.85. The average molecular weight is 571 g/mol. The number of unbranched alkanes of at least 4 members (excludes halogenated alkanes) is 1. The molecule has 9 nitrogen and oxygen atoms in total. The maximum atomic E-state index is 12.4. The molecular formula is C24H33BrF2N6O3. The van der Waals surface area contributed by atoms with Crippen molar-refractivity contribution >= 4 is 33.7 Å². The summed E-state index contributed by atoms with van der Waals surface area (Å²) >= 11 is 3.25. The molecule has 0 radical (unpaired) electrons. The number of halogens is 3. The summed E-state index contributed by atoms with van der Waals surface area (Å²) in [7, 11) is 0. The molecule has 3 N–H and O–H groups in total. The third-order valence-electron chi connectivity index (χ3n) is 5.86. The maximum Gasteiger partial charge on any atom is 0.326 e. The van der Waals surface area contributed by atoms with Gasteiger partial charge < -0.3 is 25.4 Å². The lowest BCUT2D eigenvalue weighted by Crippen LogP contribution is -2.37. The van der Waals surface area contributed by atoms with Crippen LogP contribution in [0.3, 0.4) is 0 Å². The molecule has 1 unspecified atom stereocenters. The fourth-order valence-corrected chi connectivity index (χ4v) is 4.17. The largest absolute Gasteiger partial charge is 0.480 e. The Morgan fingerprint density at radius 2 is 2.03 bits per heavy atom. The predicted molar refractivity (Wildman–Crippen MR) is 137 cm³/mol. The van der Waals surface area contributed by atoms with Crippen LogP contribution >= 0.6 is 15.9 Å². The van der Waals surface area contributed by atoms with Crippen molar-refractivity contribution in [3.63, 3.8) is 0 Å². The summed E-state index contributed by atoms with van der Waals surface area (Å²) in [6.45, 7) is 2.10. The molecule has 0 fully saturated rings. The molecule has 1 aliphatic heterocycles. The van der Waals surface area contributed by atoms with Crippen molar-refractivity contribution in [2.24, 2.45) is 0 Å². The zero-order chi connectivity index (χ0) is 25.8. The molecular weight excluding hydrogens is 538 g/mol. The average Bonchev–Trinajstić information content (AvgIpc) is 2.87. The van der Waals surface area contributed by atoms with E-state index in [0.29, 0.717) is 30.5 Å². The smallest absolute Gasteiger partial charge is 0.326 e. The van der Waals surface area contributed by atoms with E-state index in [9.17, 15) is 18.7 Å². The minimum atomic E-state index is -2.51. The monoisotopic (exact) mass is 570 g/mol. The maximum absolute atomic E-state index is 12.4. The second kappa shape index (κ2) is 15.0. The van der Waals surface area contributed by atoms with Crippen LogP contribution in [0.1, 0.15) is 36.9 Å². The number of rotatable bonds is 16. The lowest BCUT2D eigenvalue weighted by atomic mass is 10.1. The second-order valence-corrected chi connectivity index (χ2v) is 9.57. The molecule has 3 rings (SSSR count). The number of hydrogen-bond donors (Lipinski definition) is 3. The summed E-state index contributed by atoms with van der Waals surface area (Å²) in [6, 6.07) is 3.34. The summed E-state index contributed by atoms with van der Waals surface area (Å²) in [5.41, 5.74) is 2.30. The molecule has 2 aromatic rings. The van der Waals surface area contributed by atoms with E-state index in [-0.39, 0.29) is 12.6 Å². The number of aliphatic carboxylic acids is 1. The van der Waals surface area contributed by atoms with Crippen LogP contribution in [-0.2, 0) is 22.4 Å². The standard InChI is InChI=1S/C24H33BrF2N6O3/c25-18-14-29-24(30-15-18)32-20(23(34)35)8-11-33(12-13-36-16-21(26)27)10-2-1-5-19-7-6-17-4-3-9-28-22(17)31-19/h6-7,14-15,20-21H,1-5,8-13,16H2,(H,28,31)(H,34,35)(H,29,30,32). The molecule has 1 atom stereocenters. The Labute approximate surface area is 218 Å². The van der Waals surface area contributed by atoms with Gasteiger partial charge in [0.15, 0.2) is 0 Å². The molecule has 0 bridgehead atoms. The third-order valence-corrected chi connectivity index (χ3v) is 6.27. The van der Waals surface area contributed by atoms with Crippen molar-refractivity contribution in [2.75, 3.05) is 50.0 Å². The number of nitrogens with zero attached hydrogens (tertiary/aromatic N) is 4. The minimum absolute atomic E-state index is 0.156. The van der Waals surface area contributed by atoms with E-state index in [1.165, 1.54) is 18.0 Å². The van der Waals surface area contributed by atoms with Gasteiger partial charge in [-0.15, -0.1) is 0 Å². The molecule has 2 aromatic heterocycles. The van der Waals surface area contributed by atoms with Gasteiger partial charge in [0.05, 0.1) is 11.1 Å². The Balaban J connectivity index is 1.48. The van der Waals surface area contributed by atoms with Gasteiger partial charge in [-0.1, -0.05) is 6.07 Å². The summed E-state index contributed by atoms with van der Waals surface area (Å²) in [4.78, 5) is 26.7. The number of alkyl halides is 2. The summed E-state index contributed by atoms with van der Waals surface area (Å²) in [5.74, 6) is 0.200. The van der Waals surface area contributed by atoms with Gasteiger partial charge in [0, 0.05) is 37.7 Å². The molecule has 36 heavy (non-hydrogen) atoms. The Morgan fingerprint density at radius 3 is 2.78 bits per heavy atom. The molecule has 0 saturated carbocycles. The first-order chi connectivity index (χ1) is 17.4. The minimum Gasteiger partial charge on any atom is -0.480 e. The fourth-order valence-electron chi connectivity index (χ4n) is 3.96. The van der Waals surface area contributed by atoms with Gasteiger partial charge in [-0.25, -0.2) is 28.5 Å². The number of carboxylic acid groups (broad SMARTS) is 1. The van der Waals surface area contributed by atoms with E-state index < -0.39 is 25.0 Å². The van der Waals surface area contributed by atoms with E-state index in [1.54, 1.807) is 0 Å². The van der Waals surface area contributed by atoms with E-state index in [4.69, 9.17) is 9.72 Å². The normalized spacial score (nSPS) is 13.9.